The Hall–Kier alpha value is -1.94. The third-order valence-corrected chi connectivity index (χ3v) is 3.53. The van der Waals surface area contributed by atoms with Crippen molar-refractivity contribution in [2.45, 2.75) is 33.1 Å². The summed E-state index contributed by atoms with van der Waals surface area (Å²) in [7, 11) is 0. The molecule has 0 aliphatic carbocycles. The van der Waals surface area contributed by atoms with Crippen LogP contribution in [0.5, 0.6) is 0 Å². The lowest BCUT2D eigenvalue weighted by atomic mass is 9.87. The highest BCUT2D eigenvalue weighted by Crippen LogP contribution is 2.25. The van der Waals surface area contributed by atoms with E-state index in [-0.39, 0.29) is 22.7 Å². The average Bonchev–Trinajstić information content (AvgIpc) is 2.46. The number of hydrogen-bond acceptors (Lipinski definition) is 4. The summed E-state index contributed by atoms with van der Waals surface area (Å²) in [6.07, 6.45) is 1.40. The lowest BCUT2D eigenvalue weighted by molar-refractivity contribution is 0.0525. The van der Waals surface area contributed by atoms with Gasteiger partial charge in [0.25, 0.3) is 0 Å². The zero-order valence-corrected chi connectivity index (χ0v) is 13.9. The number of rotatable bonds is 3. The Bertz CT molecular complexity index is 676. The van der Waals surface area contributed by atoms with Gasteiger partial charge in [0, 0.05) is 11.8 Å². The second-order valence-electron chi connectivity index (χ2n) is 5.95. The first-order valence-electron chi connectivity index (χ1n) is 7.13. The lowest BCUT2D eigenvalue weighted by Gasteiger charge is -2.19. The minimum Gasteiger partial charge on any atom is -0.462 e. The Morgan fingerprint density at radius 2 is 1.86 bits per heavy atom. The number of hydrogen-bond donors (Lipinski definition) is 0. The molecule has 0 bridgehead atoms. The van der Waals surface area contributed by atoms with Crippen molar-refractivity contribution in [1.82, 2.24) is 9.97 Å². The van der Waals surface area contributed by atoms with Crippen LogP contribution >= 0.6 is 11.6 Å². The van der Waals surface area contributed by atoms with Gasteiger partial charge in [0.05, 0.1) is 6.61 Å². The van der Waals surface area contributed by atoms with Crippen LogP contribution in [0.25, 0.3) is 11.4 Å². The van der Waals surface area contributed by atoms with Crippen molar-refractivity contribution in [3.05, 3.63) is 46.7 Å². The number of aromatic nitrogens is 2. The topological polar surface area (TPSA) is 52.1 Å². The molecular weight excluding hydrogens is 300 g/mol. The van der Waals surface area contributed by atoms with E-state index in [0.717, 1.165) is 5.56 Å². The van der Waals surface area contributed by atoms with E-state index in [2.05, 4.69) is 30.7 Å². The summed E-state index contributed by atoms with van der Waals surface area (Å²) in [6.45, 7) is 8.49. The third kappa shape index (κ3) is 3.63. The van der Waals surface area contributed by atoms with Gasteiger partial charge in [-0.25, -0.2) is 14.8 Å². The van der Waals surface area contributed by atoms with Gasteiger partial charge in [-0.2, -0.15) is 0 Å². The number of esters is 1. The number of carbonyl (C=O) groups is 1. The van der Waals surface area contributed by atoms with E-state index in [4.69, 9.17) is 16.3 Å². The SMILES string of the molecule is CCOC(=O)c1cnc(-c2ccc(C(C)(C)C)cc2)nc1Cl. The van der Waals surface area contributed by atoms with E-state index < -0.39 is 5.97 Å². The summed E-state index contributed by atoms with van der Waals surface area (Å²) in [4.78, 5) is 20.1. The molecule has 1 heterocycles. The van der Waals surface area contributed by atoms with Crippen molar-refractivity contribution in [1.29, 1.82) is 0 Å². The first kappa shape index (κ1) is 16.4. The van der Waals surface area contributed by atoms with Gasteiger partial charge in [-0.15, -0.1) is 0 Å². The van der Waals surface area contributed by atoms with Gasteiger partial charge >= 0.3 is 5.97 Å². The van der Waals surface area contributed by atoms with E-state index >= 15 is 0 Å². The zero-order chi connectivity index (χ0) is 16.3. The lowest BCUT2D eigenvalue weighted by Crippen LogP contribution is -2.10. The van der Waals surface area contributed by atoms with E-state index in [0.29, 0.717) is 5.82 Å². The molecule has 2 rings (SSSR count). The van der Waals surface area contributed by atoms with Crippen LogP contribution < -0.4 is 0 Å². The second kappa shape index (κ2) is 6.44. The zero-order valence-electron chi connectivity index (χ0n) is 13.2. The van der Waals surface area contributed by atoms with E-state index in [1.54, 1.807) is 6.92 Å². The Morgan fingerprint density at radius 1 is 1.23 bits per heavy atom. The van der Waals surface area contributed by atoms with E-state index in [1.165, 1.54) is 11.8 Å². The Kier molecular flexibility index (Phi) is 4.81. The summed E-state index contributed by atoms with van der Waals surface area (Å²) in [5.74, 6) is -0.0272. The van der Waals surface area contributed by atoms with Crippen LogP contribution in [-0.2, 0) is 10.2 Å². The minimum atomic E-state index is -0.512. The number of ether oxygens (including phenoxy) is 1. The Morgan fingerprint density at radius 3 is 2.36 bits per heavy atom. The molecule has 5 heteroatoms. The molecule has 0 saturated carbocycles. The summed E-state index contributed by atoms with van der Waals surface area (Å²) < 4.78 is 4.90. The predicted molar refractivity (Wildman–Crippen MR) is 87.1 cm³/mol. The van der Waals surface area contributed by atoms with Gasteiger partial charge in [-0.05, 0) is 17.9 Å². The first-order chi connectivity index (χ1) is 10.3. The van der Waals surface area contributed by atoms with Crippen molar-refractivity contribution in [3.8, 4) is 11.4 Å². The standard InChI is InChI=1S/C17H19ClN2O2/c1-5-22-16(21)13-10-19-15(20-14(13)18)11-6-8-12(9-7-11)17(2,3)4/h6-10H,5H2,1-4H3. The maximum absolute atomic E-state index is 11.7. The highest BCUT2D eigenvalue weighted by atomic mass is 35.5. The first-order valence-corrected chi connectivity index (χ1v) is 7.51. The van der Waals surface area contributed by atoms with Crippen LogP contribution in [0.2, 0.25) is 5.15 Å². The molecule has 4 nitrogen and oxygen atoms in total. The van der Waals surface area contributed by atoms with Gasteiger partial charge in [0.1, 0.15) is 10.7 Å². The fourth-order valence-electron chi connectivity index (χ4n) is 1.97. The van der Waals surface area contributed by atoms with Crippen LogP contribution in [0, 0.1) is 0 Å². The molecule has 0 radical (unpaired) electrons. The van der Waals surface area contributed by atoms with Crippen molar-refractivity contribution in [2.75, 3.05) is 6.61 Å². The van der Waals surface area contributed by atoms with Crippen LogP contribution in [0.4, 0.5) is 0 Å². The summed E-state index contributed by atoms with van der Waals surface area (Å²) in [6, 6.07) is 8.00. The molecule has 1 aromatic carbocycles. The molecule has 2 aromatic rings. The largest absolute Gasteiger partial charge is 0.462 e. The number of benzene rings is 1. The highest BCUT2D eigenvalue weighted by Gasteiger charge is 2.16. The molecule has 0 N–H and O–H groups in total. The van der Waals surface area contributed by atoms with Gasteiger partial charge < -0.3 is 4.74 Å². The summed E-state index contributed by atoms with van der Waals surface area (Å²) >= 11 is 6.06. The molecule has 0 unspecified atom stereocenters. The smallest absolute Gasteiger partial charge is 0.342 e. The fraction of sp³-hybridized carbons (Fsp3) is 0.353. The molecule has 0 fully saturated rings. The maximum atomic E-state index is 11.7. The number of carbonyl (C=O) groups excluding carboxylic acids is 1. The average molecular weight is 319 g/mol. The Balaban J connectivity index is 2.30. The quantitative estimate of drug-likeness (QED) is 0.626. The fourth-order valence-corrected chi connectivity index (χ4v) is 2.17. The molecule has 22 heavy (non-hydrogen) atoms. The Labute approximate surface area is 135 Å². The van der Waals surface area contributed by atoms with Crippen LogP contribution in [0.15, 0.2) is 30.5 Å². The van der Waals surface area contributed by atoms with Gasteiger partial charge in [0.2, 0.25) is 0 Å². The molecule has 0 amide bonds. The van der Waals surface area contributed by atoms with E-state index in [1.807, 2.05) is 24.3 Å². The van der Waals surface area contributed by atoms with Crippen molar-refractivity contribution in [2.24, 2.45) is 0 Å². The van der Waals surface area contributed by atoms with Crippen LogP contribution in [0.3, 0.4) is 0 Å². The van der Waals surface area contributed by atoms with Crippen molar-refractivity contribution in [3.63, 3.8) is 0 Å². The molecular formula is C17H19ClN2O2. The van der Waals surface area contributed by atoms with Crippen LogP contribution in [0.1, 0.15) is 43.6 Å². The molecule has 0 aliphatic heterocycles. The van der Waals surface area contributed by atoms with Crippen molar-refractivity contribution >= 4 is 17.6 Å². The molecule has 0 aliphatic rings. The predicted octanol–water partition coefficient (Wildman–Crippen LogP) is 4.27. The second-order valence-corrected chi connectivity index (χ2v) is 6.30. The number of halogens is 1. The number of nitrogens with zero attached hydrogens (tertiary/aromatic N) is 2. The minimum absolute atomic E-state index is 0.0881. The molecule has 116 valence electrons. The molecule has 0 saturated heterocycles. The maximum Gasteiger partial charge on any atom is 0.342 e. The molecule has 0 spiro atoms. The summed E-state index contributed by atoms with van der Waals surface area (Å²) in [5.41, 5.74) is 2.35. The van der Waals surface area contributed by atoms with Gasteiger partial charge in [-0.1, -0.05) is 56.6 Å². The third-order valence-electron chi connectivity index (χ3n) is 3.25. The monoisotopic (exact) mass is 318 g/mol. The molecule has 0 atom stereocenters. The van der Waals surface area contributed by atoms with Gasteiger partial charge in [-0.3, -0.25) is 0 Å². The summed E-state index contributed by atoms with van der Waals surface area (Å²) in [5, 5.41) is 0.100. The molecule has 1 aromatic heterocycles. The van der Waals surface area contributed by atoms with Crippen molar-refractivity contribution < 1.29 is 9.53 Å². The normalized spacial score (nSPS) is 11.3. The highest BCUT2D eigenvalue weighted by molar-refractivity contribution is 6.32. The van der Waals surface area contributed by atoms with E-state index in [9.17, 15) is 4.79 Å². The van der Waals surface area contributed by atoms with Crippen LogP contribution in [-0.4, -0.2) is 22.5 Å². The van der Waals surface area contributed by atoms with Gasteiger partial charge in [0.15, 0.2) is 5.82 Å².